The Labute approximate surface area is 145 Å². The maximum atomic E-state index is 12.5. The number of ketones is 1. The summed E-state index contributed by atoms with van der Waals surface area (Å²) in [6.45, 7) is 6.69. The van der Waals surface area contributed by atoms with Gasteiger partial charge in [0.2, 0.25) is 0 Å². The van der Waals surface area contributed by atoms with Crippen LogP contribution < -0.4 is 0 Å². The van der Waals surface area contributed by atoms with Crippen LogP contribution in [0.5, 0.6) is 0 Å². The molecule has 7 atom stereocenters. The highest BCUT2D eigenvalue weighted by molar-refractivity contribution is 5.89. The molecule has 0 aliphatic heterocycles. The van der Waals surface area contributed by atoms with Crippen molar-refractivity contribution in [2.45, 2.75) is 71.8 Å². The number of Topliss-reactive ketones (excluding diaryl/α,β-unsaturated/α-hetero) is 1. The normalized spacial score (nSPS) is 54.7. The summed E-state index contributed by atoms with van der Waals surface area (Å²) < 4.78 is 0. The Morgan fingerprint density at radius 3 is 2.79 bits per heavy atom. The zero-order chi connectivity index (χ0) is 16.9. The first-order chi connectivity index (χ1) is 11.3. The number of allylic oxidation sites excluding steroid dienone is 3. The van der Waals surface area contributed by atoms with E-state index in [1.807, 2.05) is 6.92 Å². The third-order valence-corrected chi connectivity index (χ3v) is 9.11. The van der Waals surface area contributed by atoms with Gasteiger partial charge in [0.15, 0.2) is 0 Å². The number of carbonyl (C=O) groups is 1. The molecule has 130 valence electrons. The first kappa shape index (κ1) is 15.4. The minimum absolute atomic E-state index is 0.0407. The van der Waals surface area contributed by atoms with Crippen LogP contribution in [0.1, 0.15) is 65.7 Å². The molecule has 2 heteroatoms. The molecule has 3 fully saturated rings. The molecule has 0 radical (unpaired) electrons. The highest BCUT2D eigenvalue weighted by Crippen LogP contribution is 2.77. The number of hydrogen-bond acceptors (Lipinski definition) is 2. The van der Waals surface area contributed by atoms with Gasteiger partial charge in [-0.1, -0.05) is 37.1 Å². The molecule has 5 aliphatic rings. The van der Waals surface area contributed by atoms with Crippen molar-refractivity contribution >= 4 is 5.78 Å². The number of aliphatic hydroxyl groups is 1. The third kappa shape index (κ3) is 1.55. The van der Waals surface area contributed by atoms with Crippen LogP contribution in [-0.4, -0.2) is 17.0 Å². The van der Waals surface area contributed by atoms with Gasteiger partial charge in [0.05, 0.1) is 6.10 Å². The van der Waals surface area contributed by atoms with Crippen molar-refractivity contribution in [1.29, 1.82) is 0 Å². The van der Waals surface area contributed by atoms with Gasteiger partial charge in [0.1, 0.15) is 5.78 Å². The van der Waals surface area contributed by atoms with E-state index in [0.717, 1.165) is 32.1 Å². The van der Waals surface area contributed by atoms with Crippen molar-refractivity contribution in [1.82, 2.24) is 0 Å². The van der Waals surface area contributed by atoms with E-state index >= 15 is 0 Å². The summed E-state index contributed by atoms with van der Waals surface area (Å²) in [4.78, 5) is 12.5. The summed E-state index contributed by atoms with van der Waals surface area (Å²) in [6, 6.07) is 0. The third-order valence-electron chi connectivity index (χ3n) is 9.11. The van der Waals surface area contributed by atoms with E-state index < -0.39 is 0 Å². The predicted molar refractivity (Wildman–Crippen MR) is 94.3 cm³/mol. The summed E-state index contributed by atoms with van der Waals surface area (Å²) in [7, 11) is 0. The molecule has 5 aliphatic carbocycles. The van der Waals surface area contributed by atoms with Gasteiger partial charge in [-0.25, -0.2) is 0 Å². The van der Waals surface area contributed by atoms with Crippen molar-refractivity contribution < 1.29 is 9.90 Å². The van der Waals surface area contributed by atoms with Crippen molar-refractivity contribution in [3.63, 3.8) is 0 Å². The van der Waals surface area contributed by atoms with E-state index in [-0.39, 0.29) is 22.3 Å². The molecule has 24 heavy (non-hydrogen) atoms. The molecule has 0 spiro atoms. The Bertz CT molecular complexity index is 688. The van der Waals surface area contributed by atoms with E-state index in [2.05, 4.69) is 26.0 Å². The molecule has 0 heterocycles. The van der Waals surface area contributed by atoms with Crippen molar-refractivity contribution in [3.8, 4) is 0 Å². The van der Waals surface area contributed by atoms with E-state index in [1.165, 1.54) is 18.4 Å². The van der Waals surface area contributed by atoms with Crippen LogP contribution >= 0.6 is 0 Å². The zero-order valence-electron chi connectivity index (χ0n) is 15.3. The highest BCUT2D eigenvalue weighted by Gasteiger charge is 2.73. The number of carbonyl (C=O) groups excluding carboxylic acids is 1. The SMILES string of the molecule is CC(=O)[C@@]12C[C@@H]1C=C1C3CC=C4CC(O)CCC4(C)C3CCC12C. The van der Waals surface area contributed by atoms with Gasteiger partial charge in [-0.2, -0.15) is 0 Å². The maximum Gasteiger partial charge on any atom is 0.137 e. The van der Waals surface area contributed by atoms with Gasteiger partial charge in [-0.15, -0.1) is 0 Å². The minimum Gasteiger partial charge on any atom is -0.393 e. The van der Waals surface area contributed by atoms with E-state index in [4.69, 9.17) is 0 Å². The van der Waals surface area contributed by atoms with E-state index in [0.29, 0.717) is 23.5 Å². The molecular weight excluding hydrogens is 296 g/mol. The Morgan fingerprint density at radius 2 is 2.04 bits per heavy atom. The summed E-state index contributed by atoms with van der Waals surface area (Å²) >= 11 is 0. The van der Waals surface area contributed by atoms with Gasteiger partial charge < -0.3 is 5.11 Å². The molecule has 2 nitrogen and oxygen atoms in total. The van der Waals surface area contributed by atoms with Gasteiger partial charge in [-0.05, 0) is 75.0 Å². The zero-order valence-corrected chi connectivity index (χ0v) is 15.3. The fourth-order valence-corrected chi connectivity index (χ4v) is 7.62. The van der Waals surface area contributed by atoms with Gasteiger partial charge in [0.25, 0.3) is 0 Å². The lowest BCUT2D eigenvalue weighted by Gasteiger charge is -2.57. The standard InChI is InChI=1S/C22H30O2/c1-13(23)22-12-15(22)11-19-17-5-4-14-10-16(24)6-8-20(14,2)18(17)7-9-21(19,22)3/h4,11,15-18,24H,5-10,12H2,1-3H3/t15-,16?,17?,18?,20?,21?,22-/m0/s1. The lowest BCUT2D eigenvalue weighted by atomic mass is 9.47. The van der Waals surface area contributed by atoms with Crippen LogP contribution in [0.15, 0.2) is 23.3 Å². The molecule has 0 saturated heterocycles. The largest absolute Gasteiger partial charge is 0.393 e. The average molecular weight is 326 g/mol. The summed E-state index contributed by atoms with van der Waals surface area (Å²) in [6.07, 6.45) is 12.5. The molecule has 0 bridgehead atoms. The molecule has 0 aromatic carbocycles. The lowest BCUT2D eigenvalue weighted by Crippen LogP contribution is -2.49. The van der Waals surface area contributed by atoms with Crippen molar-refractivity contribution in [3.05, 3.63) is 23.3 Å². The second kappa shape index (κ2) is 4.44. The number of hydrogen-bond donors (Lipinski definition) is 1. The Morgan fingerprint density at radius 1 is 1.25 bits per heavy atom. The van der Waals surface area contributed by atoms with E-state index in [9.17, 15) is 9.90 Å². The smallest absolute Gasteiger partial charge is 0.137 e. The fraction of sp³-hybridized carbons (Fsp3) is 0.773. The molecule has 3 saturated carbocycles. The highest BCUT2D eigenvalue weighted by atomic mass is 16.3. The number of aliphatic hydroxyl groups excluding tert-OH is 1. The van der Waals surface area contributed by atoms with Crippen LogP contribution in [0.25, 0.3) is 0 Å². The summed E-state index contributed by atoms with van der Waals surface area (Å²) in [5, 5.41) is 10.1. The predicted octanol–water partition coefficient (Wildman–Crippen LogP) is 4.44. The quantitative estimate of drug-likeness (QED) is 0.724. The van der Waals surface area contributed by atoms with Crippen LogP contribution in [-0.2, 0) is 4.79 Å². The first-order valence-corrected chi connectivity index (χ1v) is 9.94. The van der Waals surface area contributed by atoms with E-state index in [1.54, 1.807) is 5.57 Å². The molecule has 5 rings (SSSR count). The topological polar surface area (TPSA) is 37.3 Å². The Balaban J connectivity index is 1.54. The minimum atomic E-state index is -0.131. The molecule has 5 unspecified atom stereocenters. The average Bonchev–Trinajstić information content (AvgIpc) is 3.21. The monoisotopic (exact) mass is 326 g/mol. The van der Waals surface area contributed by atoms with Crippen LogP contribution in [0.3, 0.4) is 0 Å². The number of rotatable bonds is 1. The molecule has 1 N–H and O–H groups in total. The van der Waals surface area contributed by atoms with Crippen LogP contribution in [0, 0.1) is 34.0 Å². The van der Waals surface area contributed by atoms with Crippen LogP contribution in [0.4, 0.5) is 0 Å². The molecule has 0 amide bonds. The maximum absolute atomic E-state index is 12.5. The Kier molecular flexibility index (Phi) is 2.84. The Hall–Kier alpha value is -0.890. The van der Waals surface area contributed by atoms with Gasteiger partial charge in [-0.3, -0.25) is 4.79 Å². The number of fused-ring (bicyclic) bond motifs is 7. The second-order valence-electron chi connectivity index (χ2n) is 9.82. The fourth-order valence-electron chi connectivity index (χ4n) is 7.62. The van der Waals surface area contributed by atoms with Crippen molar-refractivity contribution in [2.75, 3.05) is 0 Å². The van der Waals surface area contributed by atoms with Gasteiger partial charge >= 0.3 is 0 Å². The summed E-state index contributed by atoms with van der Waals surface area (Å²) in [5.41, 5.74) is 3.52. The molecular formula is C22H30O2. The molecule has 0 aromatic heterocycles. The second-order valence-corrected chi connectivity index (χ2v) is 9.82. The van der Waals surface area contributed by atoms with Crippen molar-refractivity contribution in [2.24, 2.45) is 34.0 Å². The molecule has 0 aromatic rings. The summed E-state index contributed by atoms with van der Waals surface area (Å²) in [5.74, 6) is 2.31. The lowest BCUT2D eigenvalue weighted by molar-refractivity contribution is -0.127. The van der Waals surface area contributed by atoms with Crippen LogP contribution in [0.2, 0.25) is 0 Å². The van der Waals surface area contributed by atoms with Gasteiger partial charge in [0, 0.05) is 10.8 Å². The first-order valence-electron chi connectivity index (χ1n) is 9.94.